The number of hydrogen-bond donors (Lipinski definition) is 0. The molecule has 156 valence electrons. The lowest BCUT2D eigenvalue weighted by molar-refractivity contribution is -0.127. The van der Waals surface area contributed by atoms with E-state index in [4.69, 9.17) is 11.6 Å². The molecule has 0 saturated carbocycles. The Morgan fingerprint density at radius 1 is 1.13 bits per heavy atom. The number of thioether (sulfide) groups is 1. The van der Waals surface area contributed by atoms with Crippen molar-refractivity contribution in [2.45, 2.75) is 31.6 Å². The van der Waals surface area contributed by atoms with Crippen molar-refractivity contribution in [1.82, 2.24) is 19.7 Å². The Bertz CT molecular complexity index is 999. The highest BCUT2D eigenvalue weighted by Gasteiger charge is 2.16. The van der Waals surface area contributed by atoms with E-state index in [0.717, 1.165) is 23.4 Å². The largest absolute Gasteiger partial charge is 0.341 e. The lowest BCUT2D eigenvalue weighted by Crippen LogP contribution is -2.27. The zero-order valence-corrected chi connectivity index (χ0v) is 18.8. The van der Waals surface area contributed by atoms with Gasteiger partial charge in [-0.15, -0.1) is 16.8 Å². The van der Waals surface area contributed by atoms with Crippen LogP contribution in [0, 0.1) is 0 Å². The first-order chi connectivity index (χ1) is 14.5. The highest BCUT2D eigenvalue weighted by atomic mass is 35.5. The SMILES string of the molecule is C=CCn1c(SCC(=O)N(C)Cc2ccc(CC)cc2)nnc1-c1ccc(Cl)cc1. The molecule has 0 bridgehead atoms. The molecule has 3 rings (SSSR count). The van der Waals surface area contributed by atoms with Gasteiger partial charge in [-0.25, -0.2) is 0 Å². The molecule has 0 radical (unpaired) electrons. The highest BCUT2D eigenvalue weighted by Crippen LogP contribution is 2.25. The normalized spacial score (nSPS) is 10.8. The van der Waals surface area contributed by atoms with Crippen molar-refractivity contribution in [1.29, 1.82) is 0 Å². The first-order valence-electron chi connectivity index (χ1n) is 9.76. The van der Waals surface area contributed by atoms with Crippen molar-refractivity contribution in [3.8, 4) is 11.4 Å². The number of halogens is 1. The predicted octanol–water partition coefficient (Wildman–Crippen LogP) is 5.10. The highest BCUT2D eigenvalue weighted by molar-refractivity contribution is 7.99. The Morgan fingerprint density at radius 2 is 1.80 bits per heavy atom. The second-order valence-corrected chi connectivity index (χ2v) is 8.30. The summed E-state index contributed by atoms with van der Waals surface area (Å²) in [6.07, 6.45) is 2.80. The molecule has 5 nitrogen and oxygen atoms in total. The van der Waals surface area contributed by atoms with Gasteiger partial charge in [0.05, 0.1) is 5.75 Å². The standard InChI is InChI=1S/C23H25ClN4OS/c1-4-14-28-22(19-10-12-20(24)13-11-19)25-26-23(28)30-16-21(29)27(3)15-18-8-6-17(5-2)7-9-18/h4,6-13H,1,5,14-16H2,2-3H3. The maximum Gasteiger partial charge on any atom is 0.233 e. The Hall–Kier alpha value is -2.57. The molecule has 0 atom stereocenters. The molecule has 0 unspecified atom stereocenters. The molecular weight excluding hydrogens is 416 g/mol. The van der Waals surface area contributed by atoms with E-state index in [2.05, 4.69) is 48.0 Å². The van der Waals surface area contributed by atoms with E-state index in [1.54, 1.807) is 11.0 Å². The number of aryl methyl sites for hydroxylation is 1. The van der Waals surface area contributed by atoms with Crippen LogP contribution in [0.3, 0.4) is 0 Å². The van der Waals surface area contributed by atoms with Crippen molar-refractivity contribution in [2.24, 2.45) is 0 Å². The number of amides is 1. The van der Waals surface area contributed by atoms with Gasteiger partial charge in [0.2, 0.25) is 5.91 Å². The summed E-state index contributed by atoms with van der Waals surface area (Å²) in [6, 6.07) is 15.8. The maximum atomic E-state index is 12.6. The Balaban J connectivity index is 1.66. The Morgan fingerprint density at radius 3 is 2.43 bits per heavy atom. The van der Waals surface area contributed by atoms with Crippen molar-refractivity contribution < 1.29 is 4.79 Å². The van der Waals surface area contributed by atoms with Gasteiger partial charge in [-0.1, -0.05) is 60.6 Å². The second kappa shape index (κ2) is 10.5. The molecule has 1 aromatic heterocycles. The summed E-state index contributed by atoms with van der Waals surface area (Å²) in [4.78, 5) is 14.4. The summed E-state index contributed by atoms with van der Waals surface area (Å²) >= 11 is 7.37. The van der Waals surface area contributed by atoms with E-state index in [1.165, 1.54) is 17.3 Å². The van der Waals surface area contributed by atoms with Crippen LogP contribution in [-0.4, -0.2) is 38.4 Å². The molecule has 0 aliphatic rings. The van der Waals surface area contributed by atoms with Gasteiger partial charge < -0.3 is 4.90 Å². The average molecular weight is 441 g/mol. The van der Waals surface area contributed by atoms with E-state index in [9.17, 15) is 4.79 Å². The molecule has 0 N–H and O–H groups in total. The van der Waals surface area contributed by atoms with Gasteiger partial charge in [0.25, 0.3) is 0 Å². The van der Waals surface area contributed by atoms with Gasteiger partial charge in [0.15, 0.2) is 11.0 Å². The summed E-state index contributed by atoms with van der Waals surface area (Å²) in [6.45, 7) is 7.10. The lowest BCUT2D eigenvalue weighted by Gasteiger charge is -2.17. The lowest BCUT2D eigenvalue weighted by atomic mass is 10.1. The van der Waals surface area contributed by atoms with Crippen molar-refractivity contribution in [3.05, 3.63) is 77.3 Å². The maximum absolute atomic E-state index is 12.6. The molecule has 2 aromatic carbocycles. The smallest absolute Gasteiger partial charge is 0.233 e. The molecule has 0 spiro atoms. The number of aromatic nitrogens is 3. The minimum Gasteiger partial charge on any atom is -0.341 e. The van der Waals surface area contributed by atoms with Crippen LogP contribution in [0.25, 0.3) is 11.4 Å². The minimum absolute atomic E-state index is 0.0424. The Kier molecular flexibility index (Phi) is 7.71. The van der Waals surface area contributed by atoms with Crippen LogP contribution < -0.4 is 0 Å². The zero-order chi connectivity index (χ0) is 21.5. The monoisotopic (exact) mass is 440 g/mol. The van der Waals surface area contributed by atoms with E-state index in [1.807, 2.05) is 35.9 Å². The summed E-state index contributed by atoms with van der Waals surface area (Å²) in [5.41, 5.74) is 3.33. The third-order valence-electron chi connectivity index (χ3n) is 4.73. The van der Waals surface area contributed by atoms with Crippen LogP contribution in [-0.2, 0) is 24.3 Å². The molecule has 1 heterocycles. The molecule has 30 heavy (non-hydrogen) atoms. The third-order valence-corrected chi connectivity index (χ3v) is 5.94. The summed E-state index contributed by atoms with van der Waals surface area (Å²) in [7, 11) is 1.82. The van der Waals surface area contributed by atoms with Crippen LogP contribution in [0.2, 0.25) is 5.02 Å². The average Bonchev–Trinajstić information content (AvgIpc) is 3.16. The molecule has 0 aliphatic heterocycles. The van der Waals surface area contributed by atoms with Gasteiger partial charge in [-0.05, 0) is 41.8 Å². The number of hydrogen-bond acceptors (Lipinski definition) is 4. The van der Waals surface area contributed by atoms with Gasteiger partial charge in [0, 0.05) is 30.7 Å². The number of nitrogens with zero attached hydrogens (tertiary/aromatic N) is 4. The minimum atomic E-state index is 0.0424. The third kappa shape index (κ3) is 5.52. The molecule has 0 aliphatic carbocycles. The van der Waals surface area contributed by atoms with E-state index >= 15 is 0 Å². The number of carbonyl (C=O) groups excluding carboxylic acids is 1. The summed E-state index contributed by atoms with van der Waals surface area (Å²) < 4.78 is 1.96. The fourth-order valence-electron chi connectivity index (χ4n) is 2.98. The van der Waals surface area contributed by atoms with Crippen molar-refractivity contribution in [3.63, 3.8) is 0 Å². The van der Waals surface area contributed by atoms with E-state index in [0.29, 0.717) is 29.0 Å². The number of rotatable bonds is 9. The fraction of sp³-hybridized carbons (Fsp3) is 0.261. The van der Waals surface area contributed by atoms with Crippen molar-refractivity contribution in [2.75, 3.05) is 12.8 Å². The first kappa shape index (κ1) is 22.1. The van der Waals surface area contributed by atoms with Gasteiger partial charge >= 0.3 is 0 Å². The van der Waals surface area contributed by atoms with Gasteiger partial charge in [-0.2, -0.15) is 0 Å². The molecule has 3 aromatic rings. The van der Waals surface area contributed by atoms with Crippen LogP contribution in [0.15, 0.2) is 66.3 Å². The van der Waals surface area contributed by atoms with Crippen LogP contribution in [0.4, 0.5) is 0 Å². The number of benzene rings is 2. The van der Waals surface area contributed by atoms with Crippen LogP contribution in [0.1, 0.15) is 18.1 Å². The van der Waals surface area contributed by atoms with Crippen molar-refractivity contribution >= 4 is 29.3 Å². The fourth-order valence-corrected chi connectivity index (χ4v) is 3.99. The number of allylic oxidation sites excluding steroid dienone is 1. The summed E-state index contributed by atoms with van der Waals surface area (Å²) in [5, 5.41) is 9.97. The van der Waals surface area contributed by atoms with Gasteiger partial charge in [0.1, 0.15) is 0 Å². The quantitative estimate of drug-likeness (QED) is 0.343. The van der Waals surface area contributed by atoms with Crippen LogP contribution in [0.5, 0.6) is 0 Å². The number of carbonyl (C=O) groups is 1. The van der Waals surface area contributed by atoms with E-state index in [-0.39, 0.29) is 5.91 Å². The van der Waals surface area contributed by atoms with E-state index < -0.39 is 0 Å². The zero-order valence-electron chi connectivity index (χ0n) is 17.2. The Labute approximate surface area is 186 Å². The molecule has 0 saturated heterocycles. The molecule has 1 amide bonds. The molecular formula is C23H25ClN4OS. The predicted molar refractivity (Wildman–Crippen MR) is 124 cm³/mol. The summed E-state index contributed by atoms with van der Waals surface area (Å²) in [5.74, 6) is 1.06. The first-order valence-corrected chi connectivity index (χ1v) is 11.1. The molecule has 7 heteroatoms. The topological polar surface area (TPSA) is 51.0 Å². The second-order valence-electron chi connectivity index (χ2n) is 6.92. The molecule has 0 fully saturated rings. The van der Waals surface area contributed by atoms with Gasteiger partial charge in [-0.3, -0.25) is 9.36 Å². The van der Waals surface area contributed by atoms with Crippen LogP contribution >= 0.6 is 23.4 Å².